The molecule has 0 aliphatic carbocycles. The molecule has 6 heteroatoms. The fourth-order valence-corrected chi connectivity index (χ4v) is 1.89. The Morgan fingerprint density at radius 3 is 2.55 bits per heavy atom. The van der Waals surface area contributed by atoms with Crippen LogP contribution in [-0.4, -0.2) is 5.97 Å². The summed E-state index contributed by atoms with van der Waals surface area (Å²) in [7, 11) is 0. The van der Waals surface area contributed by atoms with Gasteiger partial charge in [0.05, 0.1) is 5.02 Å². The van der Waals surface area contributed by atoms with E-state index in [9.17, 15) is 13.6 Å². The Hall–Kier alpha value is -1.65. The van der Waals surface area contributed by atoms with Crippen molar-refractivity contribution in [1.82, 2.24) is 0 Å². The second-order valence-electron chi connectivity index (χ2n) is 3.99. The molecular weight excluding hydrogens is 309 g/mol. The lowest BCUT2D eigenvalue weighted by atomic mass is 10.1. The summed E-state index contributed by atoms with van der Waals surface area (Å²) in [5.41, 5.74) is -0.628. The molecule has 2 aromatic carbocycles. The summed E-state index contributed by atoms with van der Waals surface area (Å²) in [5, 5.41) is 0.165. The Bertz CT molecular complexity index is 687. The molecule has 0 unspecified atom stereocenters. The first-order valence-corrected chi connectivity index (χ1v) is 6.28. The van der Waals surface area contributed by atoms with Crippen LogP contribution in [0.15, 0.2) is 30.3 Å². The minimum atomic E-state index is -1.17. The molecule has 0 aromatic heterocycles. The highest BCUT2D eigenvalue weighted by Crippen LogP contribution is 2.32. The van der Waals surface area contributed by atoms with E-state index >= 15 is 0 Å². The number of esters is 1. The van der Waals surface area contributed by atoms with Crippen LogP contribution in [0.1, 0.15) is 15.9 Å². The number of hydrogen-bond donors (Lipinski definition) is 0. The predicted molar refractivity (Wildman–Crippen MR) is 72.5 cm³/mol. The van der Waals surface area contributed by atoms with Gasteiger partial charge < -0.3 is 4.74 Å². The molecule has 0 aliphatic heterocycles. The fraction of sp³-hybridized carbons (Fsp3) is 0.0714. The lowest BCUT2D eigenvalue weighted by Gasteiger charge is -2.09. The van der Waals surface area contributed by atoms with E-state index in [0.29, 0.717) is 0 Å². The Kier molecular flexibility index (Phi) is 4.26. The van der Waals surface area contributed by atoms with Gasteiger partial charge in [0.1, 0.15) is 22.2 Å². The van der Waals surface area contributed by atoms with Crippen LogP contribution >= 0.6 is 23.2 Å². The van der Waals surface area contributed by atoms with Gasteiger partial charge in [-0.2, -0.15) is 0 Å². The zero-order chi connectivity index (χ0) is 14.9. The van der Waals surface area contributed by atoms with Crippen molar-refractivity contribution < 1.29 is 18.3 Å². The number of ether oxygens (including phenoxy) is 1. The first kappa shape index (κ1) is 14.8. The van der Waals surface area contributed by atoms with Gasteiger partial charge in [0, 0.05) is 0 Å². The zero-order valence-corrected chi connectivity index (χ0v) is 11.7. The molecule has 104 valence electrons. The van der Waals surface area contributed by atoms with Crippen molar-refractivity contribution in [2.45, 2.75) is 6.92 Å². The third kappa shape index (κ3) is 2.76. The molecule has 0 spiro atoms. The summed E-state index contributed by atoms with van der Waals surface area (Å²) >= 11 is 11.6. The van der Waals surface area contributed by atoms with Crippen LogP contribution in [-0.2, 0) is 0 Å². The summed E-state index contributed by atoms with van der Waals surface area (Å²) in [6.07, 6.45) is 0. The summed E-state index contributed by atoms with van der Waals surface area (Å²) in [6.45, 7) is 1.41. The molecule has 0 radical (unpaired) electrons. The van der Waals surface area contributed by atoms with Gasteiger partial charge >= 0.3 is 5.97 Å². The predicted octanol–water partition coefficient (Wildman–Crippen LogP) is 4.80. The van der Waals surface area contributed by atoms with E-state index in [4.69, 9.17) is 27.9 Å². The topological polar surface area (TPSA) is 26.3 Å². The van der Waals surface area contributed by atoms with Gasteiger partial charge in [0.2, 0.25) is 0 Å². The number of carbonyl (C=O) groups excluding carboxylic acids is 1. The normalized spacial score (nSPS) is 10.4. The second kappa shape index (κ2) is 5.77. The third-order valence-corrected chi connectivity index (χ3v) is 3.41. The average Bonchev–Trinajstić information content (AvgIpc) is 2.40. The molecule has 0 fully saturated rings. The minimum Gasteiger partial charge on any atom is -0.421 e. The Labute approximate surface area is 123 Å². The lowest BCUT2D eigenvalue weighted by molar-refractivity contribution is 0.0724. The van der Waals surface area contributed by atoms with E-state index < -0.39 is 23.2 Å². The maximum atomic E-state index is 13.8. The van der Waals surface area contributed by atoms with E-state index in [0.717, 1.165) is 6.07 Å². The molecule has 20 heavy (non-hydrogen) atoms. The molecule has 0 saturated carbocycles. The van der Waals surface area contributed by atoms with Gasteiger partial charge in [0.25, 0.3) is 0 Å². The first-order valence-electron chi connectivity index (χ1n) is 5.52. The van der Waals surface area contributed by atoms with E-state index in [1.165, 1.54) is 31.2 Å². The van der Waals surface area contributed by atoms with E-state index in [1.807, 2.05) is 0 Å². The quantitative estimate of drug-likeness (QED) is 0.587. The summed E-state index contributed by atoms with van der Waals surface area (Å²) in [5.74, 6) is -3.21. The van der Waals surface area contributed by atoms with Crippen molar-refractivity contribution in [3.63, 3.8) is 0 Å². The molecule has 2 rings (SSSR count). The molecule has 2 nitrogen and oxygen atoms in total. The van der Waals surface area contributed by atoms with Gasteiger partial charge in [0.15, 0.2) is 5.75 Å². The second-order valence-corrected chi connectivity index (χ2v) is 4.78. The molecule has 0 atom stereocenters. The van der Waals surface area contributed by atoms with Crippen molar-refractivity contribution in [3.05, 3.63) is 63.1 Å². The van der Waals surface area contributed by atoms with Crippen LogP contribution in [0, 0.1) is 18.6 Å². The Morgan fingerprint density at radius 2 is 1.85 bits per heavy atom. The molecule has 2 aromatic rings. The fourth-order valence-electron chi connectivity index (χ4n) is 1.56. The van der Waals surface area contributed by atoms with Crippen molar-refractivity contribution in [3.8, 4) is 5.75 Å². The maximum absolute atomic E-state index is 13.8. The number of aryl methyl sites for hydroxylation is 1. The largest absolute Gasteiger partial charge is 0.421 e. The van der Waals surface area contributed by atoms with Crippen molar-refractivity contribution in [2.24, 2.45) is 0 Å². The van der Waals surface area contributed by atoms with Crippen molar-refractivity contribution >= 4 is 29.2 Å². The summed E-state index contributed by atoms with van der Waals surface area (Å²) in [4.78, 5) is 11.9. The molecule has 0 saturated heterocycles. The van der Waals surface area contributed by atoms with E-state index in [1.54, 1.807) is 0 Å². The third-order valence-electron chi connectivity index (χ3n) is 2.61. The van der Waals surface area contributed by atoms with Crippen molar-refractivity contribution in [1.29, 1.82) is 0 Å². The Balaban J connectivity index is 2.39. The highest BCUT2D eigenvalue weighted by Gasteiger charge is 2.22. The van der Waals surface area contributed by atoms with Gasteiger partial charge in [-0.3, -0.25) is 0 Å². The number of halogens is 4. The van der Waals surface area contributed by atoms with Crippen LogP contribution in [0.5, 0.6) is 5.75 Å². The lowest BCUT2D eigenvalue weighted by Crippen LogP contribution is -2.14. The first-order chi connectivity index (χ1) is 9.41. The smallest absolute Gasteiger partial charge is 0.349 e. The van der Waals surface area contributed by atoms with Gasteiger partial charge in [-0.15, -0.1) is 0 Å². The van der Waals surface area contributed by atoms with E-state index in [-0.39, 0.29) is 21.4 Å². The SMILES string of the molecule is Cc1ccc(F)c(C(=O)Oc2cccc(Cl)c2Cl)c1F. The van der Waals surface area contributed by atoms with E-state index in [2.05, 4.69) is 0 Å². The minimum absolute atomic E-state index is 0.00372. The average molecular weight is 317 g/mol. The molecule has 0 aliphatic rings. The highest BCUT2D eigenvalue weighted by atomic mass is 35.5. The number of carbonyl (C=O) groups is 1. The standard InChI is InChI=1S/C14H8Cl2F2O2/c1-7-5-6-9(17)11(13(7)18)14(19)20-10-4-2-3-8(15)12(10)16/h2-6H,1H3. The number of benzene rings is 2. The zero-order valence-electron chi connectivity index (χ0n) is 10.2. The van der Waals surface area contributed by atoms with Crippen LogP contribution in [0.4, 0.5) is 8.78 Å². The summed E-state index contributed by atoms with van der Waals surface area (Å²) < 4.78 is 32.3. The number of hydrogen-bond acceptors (Lipinski definition) is 2. The molecule has 0 amide bonds. The Morgan fingerprint density at radius 1 is 1.15 bits per heavy atom. The highest BCUT2D eigenvalue weighted by molar-refractivity contribution is 6.43. The van der Waals surface area contributed by atoms with Gasteiger partial charge in [-0.25, -0.2) is 13.6 Å². The van der Waals surface area contributed by atoms with Crippen LogP contribution in [0.25, 0.3) is 0 Å². The van der Waals surface area contributed by atoms with Crippen LogP contribution < -0.4 is 4.74 Å². The van der Waals surface area contributed by atoms with Crippen molar-refractivity contribution in [2.75, 3.05) is 0 Å². The monoisotopic (exact) mass is 316 g/mol. The van der Waals surface area contributed by atoms with Crippen LogP contribution in [0.2, 0.25) is 10.0 Å². The molecule has 0 bridgehead atoms. The molecule has 0 heterocycles. The molecular formula is C14H8Cl2F2O2. The summed E-state index contributed by atoms with van der Waals surface area (Å²) in [6, 6.07) is 6.59. The molecule has 0 N–H and O–H groups in total. The maximum Gasteiger partial charge on any atom is 0.349 e. The van der Waals surface area contributed by atoms with Gasteiger partial charge in [-0.1, -0.05) is 35.3 Å². The van der Waals surface area contributed by atoms with Crippen LogP contribution in [0.3, 0.4) is 0 Å². The number of rotatable bonds is 2. The van der Waals surface area contributed by atoms with Gasteiger partial charge in [-0.05, 0) is 30.7 Å².